The Balaban J connectivity index is 1.39. The summed E-state index contributed by atoms with van der Waals surface area (Å²) in [6.07, 6.45) is 3.33. The van der Waals surface area contributed by atoms with E-state index in [4.69, 9.17) is 34.1 Å². The number of ether oxygens (including phenoxy) is 3. The van der Waals surface area contributed by atoms with Crippen molar-refractivity contribution in [1.29, 1.82) is 0 Å². The molecule has 1 fully saturated rings. The molecule has 2 N–H and O–H groups in total. The Kier molecular flexibility index (Phi) is 10.7. The SMILES string of the molecule is COc1ccc(CN(Cc2ccc(OC)cc2)c2nc(C)nc(-c3cc(CN4CCNCC4)cnc3Nc3cnc(OC)c(F)c3)n2)cc1. The third kappa shape index (κ3) is 8.55. The van der Waals surface area contributed by atoms with Crippen molar-refractivity contribution in [1.82, 2.24) is 35.1 Å². The van der Waals surface area contributed by atoms with Crippen LogP contribution in [0, 0.1) is 12.7 Å². The van der Waals surface area contributed by atoms with Crippen molar-refractivity contribution in [2.24, 2.45) is 0 Å². The summed E-state index contributed by atoms with van der Waals surface area (Å²) in [5.74, 6) is 2.84. The minimum atomic E-state index is -0.588. The first kappa shape index (κ1) is 33.5. The predicted octanol–water partition coefficient (Wildman–Crippen LogP) is 5.16. The van der Waals surface area contributed by atoms with Crippen molar-refractivity contribution < 1.29 is 18.6 Å². The molecule has 0 unspecified atom stereocenters. The highest BCUT2D eigenvalue weighted by Crippen LogP contribution is 2.30. The van der Waals surface area contributed by atoms with Gasteiger partial charge in [0.2, 0.25) is 11.8 Å². The number of pyridine rings is 2. The highest BCUT2D eigenvalue weighted by molar-refractivity contribution is 5.75. The van der Waals surface area contributed by atoms with Crippen molar-refractivity contribution in [2.45, 2.75) is 26.6 Å². The topological polar surface area (TPSA) is 123 Å². The molecule has 13 heteroatoms. The average molecular weight is 666 g/mol. The van der Waals surface area contributed by atoms with Gasteiger partial charge in [-0.05, 0) is 53.9 Å². The number of anilines is 3. The second-order valence-electron chi connectivity index (χ2n) is 11.7. The summed E-state index contributed by atoms with van der Waals surface area (Å²) in [6, 6.07) is 19.2. The van der Waals surface area contributed by atoms with Gasteiger partial charge in [-0.25, -0.2) is 19.3 Å². The quantitative estimate of drug-likeness (QED) is 0.173. The summed E-state index contributed by atoms with van der Waals surface area (Å²) < 4.78 is 30.4. The number of nitrogens with zero attached hydrogens (tertiary/aromatic N) is 7. The molecule has 1 aliphatic heterocycles. The number of rotatable bonds is 13. The molecule has 4 heterocycles. The number of benzene rings is 2. The van der Waals surface area contributed by atoms with Crippen LogP contribution in [0.25, 0.3) is 11.4 Å². The highest BCUT2D eigenvalue weighted by Gasteiger charge is 2.20. The lowest BCUT2D eigenvalue weighted by Gasteiger charge is -2.27. The van der Waals surface area contributed by atoms with Crippen molar-refractivity contribution in [3.05, 3.63) is 101 Å². The Bertz CT molecular complexity index is 1800. The van der Waals surface area contributed by atoms with Gasteiger partial charge in [0, 0.05) is 58.1 Å². The first-order chi connectivity index (χ1) is 23.9. The minimum Gasteiger partial charge on any atom is -0.497 e. The Morgan fingerprint density at radius 1 is 0.796 bits per heavy atom. The molecule has 0 atom stereocenters. The van der Waals surface area contributed by atoms with Gasteiger partial charge >= 0.3 is 0 Å². The largest absolute Gasteiger partial charge is 0.497 e. The van der Waals surface area contributed by atoms with E-state index in [1.165, 1.54) is 19.4 Å². The maximum Gasteiger partial charge on any atom is 0.250 e. The summed E-state index contributed by atoms with van der Waals surface area (Å²) in [7, 11) is 4.68. The van der Waals surface area contributed by atoms with Crippen LogP contribution in [-0.2, 0) is 19.6 Å². The zero-order chi connectivity index (χ0) is 34.2. The van der Waals surface area contributed by atoms with Crippen LogP contribution in [0.4, 0.5) is 21.8 Å². The molecule has 0 amide bonds. The second kappa shape index (κ2) is 15.7. The number of hydrogen-bond acceptors (Lipinski definition) is 12. The van der Waals surface area contributed by atoms with Gasteiger partial charge in [0.1, 0.15) is 23.1 Å². The Hall–Kier alpha value is -5.40. The molecule has 0 saturated carbocycles. The normalized spacial score (nSPS) is 13.2. The zero-order valence-corrected chi connectivity index (χ0v) is 28.1. The molecule has 6 rings (SSSR count). The molecule has 3 aromatic heterocycles. The molecule has 0 radical (unpaired) electrons. The van der Waals surface area contributed by atoms with Crippen molar-refractivity contribution in [2.75, 3.05) is 57.7 Å². The molecule has 12 nitrogen and oxygen atoms in total. The van der Waals surface area contributed by atoms with Gasteiger partial charge in [-0.15, -0.1) is 0 Å². The fraction of sp³-hybridized carbons (Fsp3) is 0.306. The number of nitrogens with one attached hydrogen (secondary N) is 2. The van der Waals surface area contributed by atoms with E-state index in [-0.39, 0.29) is 5.88 Å². The molecule has 1 aliphatic rings. The van der Waals surface area contributed by atoms with Gasteiger partial charge in [0.05, 0.1) is 38.8 Å². The molecule has 0 bridgehead atoms. The number of aromatic nitrogens is 5. The van der Waals surface area contributed by atoms with Crippen molar-refractivity contribution >= 4 is 17.5 Å². The van der Waals surface area contributed by atoms with E-state index in [0.29, 0.717) is 47.8 Å². The number of aryl methyl sites for hydroxylation is 1. The summed E-state index contributed by atoms with van der Waals surface area (Å²) in [4.78, 5) is 28.0. The van der Waals surface area contributed by atoms with Crippen molar-refractivity contribution in [3.63, 3.8) is 0 Å². The smallest absolute Gasteiger partial charge is 0.250 e. The standard InChI is InChI=1S/C36H40FN9O3/c1-24-41-34(44-36(42-24)46(22-25-5-9-29(47-2)10-6-25)23-26-7-11-30(48-3)12-8-26)31-17-27(21-45-15-13-38-14-16-45)19-39-33(31)43-28-18-32(37)35(49-4)40-20-28/h5-12,17-20,38H,13-16,21-23H2,1-4H3,(H,39,43). The molecule has 2 aromatic carbocycles. The third-order valence-electron chi connectivity index (χ3n) is 8.15. The monoisotopic (exact) mass is 665 g/mol. The van der Waals surface area contributed by atoms with E-state index in [1.807, 2.05) is 67.7 Å². The number of piperazine rings is 1. The molecule has 1 saturated heterocycles. The molecular weight excluding hydrogens is 625 g/mol. The lowest BCUT2D eigenvalue weighted by atomic mass is 10.1. The van der Waals surface area contributed by atoms with Gasteiger partial charge in [-0.1, -0.05) is 24.3 Å². The number of methoxy groups -OCH3 is 3. The number of halogens is 1. The summed E-state index contributed by atoms with van der Waals surface area (Å²) in [5, 5.41) is 6.63. The van der Waals surface area contributed by atoms with Gasteiger partial charge in [-0.2, -0.15) is 9.97 Å². The van der Waals surface area contributed by atoms with Crippen molar-refractivity contribution in [3.8, 4) is 28.8 Å². The summed E-state index contributed by atoms with van der Waals surface area (Å²) in [6.45, 7) is 7.37. The van der Waals surface area contributed by atoms with Crippen LogP contribution in [0.3, 0.4) is 0 Å². The van der Waals surface area contributed by atoms with E-state index >= 15 is 0 Å². The molecule has 0 aliphatic carbocycles. The fourth-order valence-corrected chi connectivity index (χ4v) is 5.60. The highest BCUT2D eigenvalue weighted by atomic mass is 19.1. The zero-order valence-electron chi connectivity index (χ0n) is 28.1. The molecule has 49 heavy (non-hydrogen) atoms. The Morgan fingerprint density at radius 2 is 1.45 bits per heavy atom. The van der Waals surface area contributed by atoms with Gasteiger partial charge < -0.3 is 29.7 Å². The van der Waals surface area contributed by atoms with E-state index in [0.717, 1.165) is 60.9 Å². The van der Waals surface area contributed by atoms with E-state index in [1.54, 1.807) is 14.2 Å². The van der Waals surface area contributed by atoms with E-state index < -0.39 is 5.82 Å². The second-order valence-corrected chi connectivity index (χ2v) is 11.7. The van der Waals surface area contributed by atoms with Crippen LogP contribution in [-0.4, -0.2) is 77.3 Å². The molecule has 5 aromatic rings. The molecular formula is C36H40FN9O3. The fourth-order valence-electron chi connectivity index (χ4n) is 5.60. The maximum absolute atomic E-state index is 14.6. The average Bonchev–Trinajstić information content (AvgIpc) is 3.13. The summed E-state index contributed by atoms with van der Waals surface area (Å²) >= 11 is 0. The van der Waals surface area contributed by atoms with Crippen LogP contribution >= 0.6 is 0 Å². The summed E-state index contributed by atoms with van der Waals surface area (Å²) in [5.41, 5.74) is 4.20. The van der Waals surface area contributed by atoms with Gasteiger partial charge in [0.25, 0.3) is 0 Å². The van der Waals surface area contributed by atoms with Crippen LogP contribution in [0.1, 0.15) is 22.5 Å². The maximum atomic E-state index is 14.6. The number of hydrogen-bond donors (Lipinski definition) is 2. The van der Waals surface area contributed by atoms with Crippen LogP contribution < -0.4 is 29.7 Å². The molecule has 254 valence electrons. The first-order valence-corrected chi connectivity index (χ1v) is 16.0. The lowest BCUT2D eigenvalue weighted by Crippen LogP contribution is -2.42. The first-order valence-electron chi connectivity index (χ1n) is 16.0. The molecule has 0 spiro atoms. The minimum absolute atomic E-state index is 0.0864. The lowest BCUT2D eigenvalue weighted by molar-refractivity contribution is 0.233. The van der Waals surface area contributed by atoms with Gasteiger partial charge in [-0.3, -0.25) is 4.90 Å². The van der Waals surface area contributed by atoms with Gasteiger partial charge in [0.15, 0.2) is 11.6 Å². The van der Waals surface area contributed by atoms with Crippen LogP contribution in [0.5, 0.6) is 17.4 Å². The predicted molar refractivity (Wildman–Crippen MR) is 186 cm³/mol. The Morgan fingerprint density at radius 3 is 2.04 bits per heavy atom. The Labute approximate surface area is 285 Å². The van der Waals surface area contributed by atoms with E-state index in [2.05, 4.69) is 25.4 Å². The van der Waals surface area contributed by atoms with Crippen LogP contribution in [0.15, 0.2) is 73.1 Å². The van der Waals surface area contributed by atoms with Crippen LogP contribution in [0.2, 0.25) is 0 Å². The third-order valence-corrected chi connectivity index (χ3v) is 8.15. The van der Waals surface area contributed by atoms with E-state index in [9.17, 15) is 4.39 Å².